The van der Waals surface area contributed by atoms with Crippen molar-refractivity contribution >= 4 is 5.78 Å². The molecule has 64 valence electrons. The van der Waals surface area contributed by atoms with Gasteiger partial charge in [0.25, 0.3) is 0 Å². The number of carbonyl (C=O) groups is 1. The Morgan fingerprint density at radius 2 is 1.55 bits per heavy atom. The Labute approximate surface area is 69.5 Å². The van der Waals surface area contributed by atoms with Gasteiger partial charge in [0.05, 0.1) is 0 Å². The van der Waals surface area contributed by atoms with Crippen molar-refractivity contribution in [3.8, 4) is 0 Å². The molecule has 1 heteroatoms. The van der Waals surface area contributed by atoms with Crippen LogP contribution in [0.2, 0.25) is 0 Å². The molecule has 0 fully saturated rings. The first-order valence-electron chi connectivity index (χ1n) is 3.90. The van der Waals surface area contributed by atoms with E-state index in [0.717, 1.165) is 0 Å². The van der Waals surface area contributed by atoms with E-state index in [1.165, 1.54) is 0 Å². The first kappa shape index (κ1) is 10.4. The molecule has 0 atom stereocenters. The van der Waals surface area contributed by atoms with Gasteiger partial charge in [0, 0.05) is 10.8 Å². The number of ketones is 1. The lowest BCUT2D eigenvalue weighted by atomic mass is 9.75. The summed E-state index contributed by atoms with van der Waals surface area (Å²) in [5.41, 5.74) is -0.657. The molecule has 0 N–H and O–H groups in total. The van der Waals surface area contributed by atoms with E-state index >= 15 is 0 Å². The quantitative estimate of drug-likeness (QED) is 0.559. The molecule has 0 unspecified atom stereocenters. The maximum Gasteiger partial charge on any atom is 0.147 e. The van der Waals surface area contributed by atoms with Gasteiger partial charge in [0.15, 0.2) is 0 Å². The standard InChI is InChI=1S/C10H18O/c1-7-10(5,6)8(11)9(2,3)4/h7H,1H2,2-6H3. The van der Waals surface area contributed by atoms with Gasteiger partial charge in [-0.3, -0.25) is 4.79 Å². The largest absolute Gasteiger partial charge is 0.298 e. The van der Waals surface area contributed by atoms with Gasteiger partial charge in [0.2, 0.25) is 0 Å². The molecule has 0 aliphatic rings. The van der Waals surface area contributed by atoms with E-state index in [0.29, 0.717) is 0 Å². The van der Waals surface area contributed by atoms with E-state index in [-0.39, 0.29) is 11.2 Å². The molecular weight excluding hydrogens is 136 g/mol. The third kappa shape index (κ3) is 2.49. The normalized spacial score (nSPS) is 12.8. The minimum Gasteiger partial charge on any atom is -0.298 e. The lowest BCUT2D eigenvalue weighted by Gasteiger charge is -2.27. The summed E-state index contributed by atoms with van der Waals surface area (Å²) >= 11 is 0. The Bertz CT molecular complexity index is 170. The molecule has 0 saturated heterocycles. The van der Waals surface area contributed by atoms with Gasteiger partial charge < -0.3 is 0 Å². The van der Waals surface area contributed by atoms with Gasteiger partial charge in [-0.1, -0.05) is 26.8 Å². The van der Waals surface area contributed by atoms with E-state index < -0.39 is 5.41 Å². The molecule has 0 rings (SSSR count). The first-order chi connectivity index (χ1) is 4.72. The Kier molecular flexibility index (Phi) is 2.65. The molecular formula is C10H18O. The summed E-state index contributed by atoms with van der Waals surface area (Å²) in [5, 5.41) is 0. The second kappa shape index (κ2) is 2.80. The molecule has 0 bridgehead atoms. The minimum absolute atomic E-state index is 0.236. The monoisotopic (exact) mass is 154 g/mol. The van der Waals surface area contributed by atoms with Crippen LogP contribution < -0.4 is 0 Å². The highest BCUT2D eigenvalue weighted by atomic mass is 16.1. The molecule has 0 aliphatic heterocycles. The number of allylic oxidation sites excluding steroid dienone is 1. The van der Waals surface area contributed by atoms with Crippen LogP contribution in [0, 0.1) is 10.8 Å². The molecule has 0 saturated carbocycles. The SMILES string of the molecule is C=CC(C)(C)C(=O)C(C)(C)C. The third-order valence-electron chi connectivity index (χ3n) is 1.78. The van der Waals surface area contributed by atoms with Gasteiger partial charge >= 0.3 is 0 Å². The summed E-state index contributed by atoms with van der Waals surface area (Å²) in [7, 11) is 0. The summed E-state index contributed by atoms with van der Waals surface area (Å²) in [5.74, 6) is 0.236. The summed E-state index contributed by atoms with van der Waals surface area (Å²) in [6.07, 6.45) is 1.71. The number of rotatable bonds is 2. The fraction of sp³-hybridized carbons (Fsp3) is 0.700. The van der Waals surface area contributed by atoms with Crippen LogP contribution in [0.1, 0.15) is 34.6 Å². The van der Waals surface area contributed by atoms with Crippen LogP contribution in [0.15, 0.2) is 12.7 Å². The predicted octanol–water partition coefficient (Wildman–Crippen LogP) is 2.81. The molecule has 0 aliphatic carbocycles. The molecule has 0 amide bonds. The average Bonchev–Trinajstić information content (AvgIpc) is 1.84. The molecule has 0 radical (unpaired) electrons. The van der Waals surface area contributed by atoms with Crippen LogP contribution in [0.3, 0.4) is 0 Å². The Morgan fingerprint density at radius 3 is 1.64 bits per heavy atom. The predicted molar refractivity (Wildman–Crippen MR) is 48.4 cm³/mol. The van der Waals surface area contributed by atoms with E-state index in [9.17, 15) is 4.79 Å². The smallest absolute Gasteiger partial charge is 0.147 e. The van der Waals surface area contributed by atoms with E-state index in [4.69, 9.17) is 0 Å². The fourth-order valence-corrected chi connectivity index (χ4v) is 1.06. The summed E-state index contributed by atoms with van der Waals surface area (Å²) in [6.45, 7) is 13.2. The lowest BCUT2D eigenvalue weighted by Crippen LogP contribution is -2.33. The van der Waals surface area contributed by atoms with Crippen molar-refractivity contribution in [2.45, 2.75) is 34.6 Å². The van der Waals surface area contributed by atoms with Crippen LogP contribution in [0.5, 0.6) is 0 Å². The fourth-order valence-electron chi connectivity index (χ4n) is 1.06. The topological polar surface area (TPSA) is 17.1 Å². The van der Waals surface area contributed by atoms with E-state index in [1.807, 2.05) is 34.6 Å². The summed E-state index contributed by atoms with van der Waals surface area (Å²) in [4.78, 5) is 11.6. The molecule has 0 spiro atoms. The number of hydrogen-bond donors (Lipinski definition) is 0. The number of hydrogen-bond acceptors (Lipinski definition) is 1. The van der Waals surface area contributed by atoms with Crippen molar-refractivity contribution in [3.05, 3.63) is 12.7 Å². The average molecular weight is 154 g/mol. The molecule has 0 heterocycles. The maximum atomic E-state index is 11.6. The van der Waals surface area contributed by atoms with E-state index in [2.05, 4.69) is 6.58 Å². The van der Waals surface area contributed by atoms with Gasteiger partial charge in [0.1, 0.15) is 5.78 Å². The summed E-state index contributed by atoms with van der Waals surface area (Å²) in [6, 6.07) is 0. The Morgan fingerprint density at radius 1 is 1.18 bits per heavy atom. The van der Waals surface area contributed by atoms with Crippen LogP contribution in [0.4, 0.5) is 0 Å². The molecule has 11 heavy (non-hydrogen) atoms. The third-order valence-corrected chi connectivity index (χ3v) is 1.78. The second-order valence-electron chi connectivity index (χ2n) is 4.50. The van der Waals surface area contributed by atoms with Crippen molar-refractivity contribution < 1.29 is 4.79 Å². The highest BCUT2D eigenvalue weighted by Gasteiger charge is 2.33. The Balaban J connectivity index is 4.63. The highest BCUT2D eigenvalue weighted by molar-refractivity contribution is 5.90. The van der Waals surface area contributed by atoms with Crippen molar-refractivity contribution in [1.82, 2.24) is 0 Å². The van der Waals surface area contributed by atoms with Gasteiger partial charge in [-0.25, -0.2) is 0 Å². The van der Waals surface area contributed by atoms with Crippen molar-refractivity contribution in [3.63, 3.8) is 0 Å². The van der Waals surface area contributed by atoms with Crippen molar-refractivity contribution in [1.29, 1.82) is 0 Å². The first-order valence-corrected chi connectivity index (χ1v) is 3.90. The zero-order valence-corrected chi connectivity index (χ0v) is 8.19. The van der Waals surface area contributed by atoms with Gasteiger partial charge in [-0.15, -0.1) is 6.58 Å². The second-order valence-corrected chi connectivity index (χ2v) is 4.50. The molecule has 1 nitrogen and oxygen atoms in total. The van der Waals surface area contributed by atoms with E-state index in [1.54, 1.807) is 6.08 Å². The zero-order chi connectivity index (χ0) is 9.28. The number of carbonyl (C=O) groups excluding carboxylic acids is 1. The zero-order valence-electron chi connectivity index (χ0n) is 8.19. The number of Topliss-reactive ketones (excluding diaryl/α,β-unsaturated/α-hetero) is 1. The van der Waals surface area contributed by atoms with Crippen LogP contribution in [-0.2, 0) is 4.79 Å². The maximum absolute atomic E-state index is 11.6. The van der Waals surface area contributed by atoms with Crippen molar-refractivity contribution in [2.75, 3.05) is 0 Å². The van der Waals surface area contributed by atoms with Gasteiger partial charge in [-0.2, -0.15) is 0 Å². The lowest BCUT2D eigenvalue weighted by molar-refractivity contribution is -0.132. The van der Waals surface area contributed by atoms with Gasteiger partial charge in [-0.05, 0) is 13.8 Å². The minimum atomic E-state index is -0.391. The highest BCUT2D eigenvalue weighted by Crippen LogP contribution is 2.29. The summed E-state index contributed by atoms with van der Waals surface area (Å²) < 4.78 is 0. The molecule has 0 aromatic heterocycles. The molecule has 0 aromatic carbocycles. The van der Waals surface area contributed by atoms with Crippen LogP contribution >= 0.6 is 0 Å². The molecule has 0 aromatic rings. The van der Waals surface area contributed by atoms with Crippen LogP contribution in [-0.4, -0.2) is 5.78 Å². The van der Waals surface area contributed by atoms with Crippen molar-refractivity contribution in [2.24, 2.45) is 10.8 Å². The Hall–Kier alpha value is -0.590. The van der Waals surface area contributed by atoms with Crippen LogP contribution in [0.25, 0.3) is 0 Å².